The van der Waals surface area contributed by atoms with Crippen molar-refractivity contribution in [3.8, 4) is 11.8 Å². The molecule has 8 heteroatoms. The van der Waals surface area contributed by atoms with Gasteiger partial charge in [-0.15, -0.1) is 0 Å². The molecule has 0 saturated heterocycles. The number of nitriles is 1. The lowest BCUT2D eigenvalue weighted by atomic mass is 9.73. The Morgan fingerprint density at radius 1 is 1.12 bits per heavy atom. The molecule has 0 spiro atoms. The van der Waals surface area contributed by atoms with Crippen LogP contribution in [0.25, 0.3) is 0 Å². The van der Waals surface area contributed by atoms with Gasteiger partial charge in [0.25, 0.3) is 0 Å². The number of hydrogen-bond donors (Lipinski definition) is 2. The molecule has 0 aromatic heterocycles. The summed E-state index contributed by atoms with van der Waals surface area (Å²) in [5, 5.41) is 22.0. The maximum absolute atomic E-state index is 12.9. The molecule has 1 aromatic rings. The number of phenolic OH excluding ortho intramolecular Hbond substituents is 1. The molecule has 3 atom stereocenters. The van der Waals surface area contributed by atoms with Gasteiger partial charge in [0, 0.05) is 17.0 Å². The summed E-state index contributed by atoms with van der Waals surface area (Å²) in [6, 6.07) is 8.33. The maximum atomic E-state index is 12.9. The van der Waals surface area contributed by atoms with E-state index >= 15 is 0 Å². The summed E-state index contributed by atoms with van der Waals surface area (Å²) in [5.41, 5.74) is -1.27. The zero-order chi connectivity index (χ0) is 25.2. The van der Waals surface area contributed by atoms with Gasteiger partial charge in [0.15, 0.2) is 0 Å². The first-order valence-electron chi connectivity index (χ1n) is 11.2. The first-order chi connectivity index (χ1) is 15.4. The molecule has 0 heterocycles. The van der Waals surface area contributed by atoms with E-state index in [2.05, 4.69) is 11.4 Å². The monoisotopic (exact) mass is 460 g/mol. The third-order valence-corrected chi connectivity index (χ3v) is 6.02. The molecular weight excluding hydrogens is 424 g/mol. The van der Waals surface area contributed by atoms with E-state index in [0.717, 1.165) is 0 Å². The van der Waals surface area contributed by atoms with Crippen molar-refractivity contribution in [2.45, 2.75) is 60.3 Å². The second-order valence-electron chi connectivity index (χ2n) is 9.21. The van der Waals surface area contributed by atoms with Crippen molar-refractivity contribution >= 4 is 23.5 Å². The maximum Gasteiger partial charge on any atom is 0.311 e. The fraction of sp³-hybridized carbons (Fsp3) is 0.600. The summed E-state index contributed by atoms with van der Waals surface area (Å²) in [6.07, 6.45) is 1.03. The predicted octanol–water partition coefficient (Wildman–Crippen LogP) is 4.44. The van der Waals surface area contributed by atoms with Crippen molar-refractivity contribution in [1.29, 1.82) is 5.26 Å². The Morgan fingerprint density at radius 3 is 2.21 bits per heavy atom. The number of hydrogen-bond acceptors (Lipinski definition) is 7. The molecule has 0 saturated carbocycles. The van der Waals surface area contributed by atoms with Gasteiger partial charge in [-0.25, -0.2) is 0 Å². The zero-order valence-corrected chi connectivity index (χ0v) is 20.4. The second-order valence-corrected chi connectivity index (χ2v) is 9.21. The smallest absolute Gasteiger partial charge is 0.311 e. The summed E-state index contributed by atoms with van der Waals surface area (Å²) in [5.74, 6) is -2.37. The zero-order valence-electron chi connectivity index (χ0n) is 20.4. The van der Waals surface area contributed by atoms with Crippen LogP contribution in [-0.4, -0.2) is 36.7 Å². The minimum atomic E-state index is -0.909. The number of benzene rings is 1. The summed E-state index contributed by atoms with van der Waals surface area (Å²) < 4.78 is 10.1. The van der Waals surface area contributed by atoms with Crippen LogP contribution in [-0.2, 0) is 23.9 Å². The topological polar surface area (TPSA) is 126 Å². The number of methoxy groups -OCH3 is 1. The molecule has 0 radical (unpaired) electrons. The molecule has 3 unspecified atom stereocenters. The number of nitrogens with zero attached hydrogens (tertiary/aromatic N) is 1. The van der Waals surface area contributed by atoms with Crippen molar-refractivity contribution in [3.63, 3.8) is 0 Å². The quantitative estimate of drug-likeness (QED) is 0.349. The van der Waals surface area contributed by atoms with E-state index in [-0.39, 0.29) is 37.5 Å². The van der Waals surface area contributed by atoms with Crippen molar-refractivity contribution in [2.75, 3.05) is 19.0 Å². The van der Waals surface area contributed by atoms with Crippen molar-refractivity contribution in [3.05, 3.63) is 24.3 Å². The van der Waals surface area contributed by atoms with Crippen LogP contribution in [0.3, 0.4) is 0 Å². The van der Waals surface area contributed by atoms with E-state index in [4.69, 9.17) is 9.47 Å². The van der Waals surface area contributed by atoms with E-state index in [0.29, 0.717) is 12.1 Å². The molecule has 0 aliphatic heterocycles. The highest BCUT2D eigenvalue weighted by atomic mass is 16.5. The molecule has 0 bridgehead atoms. The van der Waals surface area contributed by atoms with Crippen LogP contribution in [0.5, 0.6) is 5.75 Å². The Balaban J connectivity index is 3.00. The molecular formula is C25H36N2O6. The lowest BCUT2D eigenvalue weighted by molar-refractivity contribution is -0.157. The van der Waals surface area contributed by atoms with Crippen LogP contribution >= 0.6 is 0 Å². The normalized spacial score (nSPS) is 14.8. The van der Waals surface area contributed by atoms with Crippen molar-refractivity contribution in [2.24, 2.45) is 22.7 Å². The van der Waals surface area contributed by atoms with Crippen LogP contribution in [0.15, 0.2) is 24.3 Å². The largest absolute Gasteiger partial charge is 0.508 e. The molecule has 1 amide bonds. The first kappa shape index (κ1) is 28.0. The summed E-state index contributed by atoms with van der Waals surface area (Å²) >= 11 is 0. The second kappa shape index (κ2) is 12.2. The van der Waals surface area contributed by atoms with Gasteiger partial charge >= 0.3 is 11.9 Å². The Kier molecular flexibility index (Phi) is 10.4. The summed E-state index contributed by atoms with van der Waals surface area (Å²) in [6.45, 7) is 8.94. The third-order valence-electron chi connectivity index (χ3n) is 6.02. The number of carbonyl (C=O) groups is 3. The first-order valence-corrected chi connectivity index (χ1v) is 11.2. The van der Waals surface area contributed by atoms with Crippen LogP contribution in [0.2, 0.25) is 0 Å². The molecule has 2 N–H and O–H groups in total. The summed E-state index contributed by atoms with van der Waals surface area (Å²) in [7, 11) is 1.31. The fourth-order valence-electron chi connectivity index (χ4n) is 3.76. The minimum Gasteiger partial charge on any atom is -0.508 e. The van der Waals surface area contributed by atoms with Gasteiger partial charge in [0.1, 0.15) is 5.75 Å². The molecule has 8 nitrogen and oxygen atoms in total. The Morgan fingerprint density at radius 2 is 1.73 bits per heavy atom. The number of anilines is 1. The average molecular weight is 461 g/mol. The number of rotatable bonds is 12. The van der Waals surface area contributed by atoms with Gasteiger partial charge in [0.05, 0.1) is 31.1 Å². The van der Waals surface area contributed by atoms with Crippen molar-refractivity contribution in [1.82, 2.24) is 0 Å². The van der Waals surface area contributed by atoms with Crippen LogP contribution in [0.4, 0.5) is 5.69 Å². The number of nitrogens with one attached hydrogen (secondary N) is 1. The Bertz CT molecular complexity index is 859. The molecule has 33 heavy (non-hydrogen) atoms. The van der Waals surface area contributed by atoms with Gasteiger partial charge in [-0.1, -0.05) is 20.8 Å². The number of amides is 1. The summed E-state index contributed by atoms with van der Waals surface area (Å²) in [4.78, 5) is 37.9. The number of carbonyl (C=O) groups excluding carboxylic acids is 3. The molecule has 0 fully saturated rings. The molecule has 1 rings (SSSR count). The van der Waals surface area contributed by atoms with E-state index < -0.39 is 34.6 Å². The van der Waals surface area contributed by atoms with Crippen LogP contribution in [0, 0.1) is 34.0 Å². The predicted molar refractivity (Wildman–Crippen MR) is 124 cm³/mol. The van der Waals surface area contributed by atoms with E-state index in [1.165, 1.54) is 19.2 Å². The molecule has 0 aliphatic rings. The Hall–Kier alpha value is -3.08. The standard InChI is InChI=1S/C25H36N2O6/c1-7-25(5,23(31)32-6)15-18(21(29)33-8-2)13-17(16-26)14-24(3,4)22(30)27-19-9-11-20(28)12-10-19/h9-12,17-18,28H,7-8,13-15H2,1-6H3,(H,27,30). The fourth-order valence-corrected chi connectivity index (χ4v) is 3.76. The van der Waals surface area contributed by atoms with Gasteiger partial charge in [-0.05, 0) is 63.8 Å². The molecule has 1 aromatic carbocycles. The average Bonchev–Trinajstić information content (AvgIpc) is 2.78. The molecule has 182 valence electrons. The number of phenols is 1. The number of ether oxygens (including phenoxy) is 2. The lowest BCUT2D eigenvalue weighted by Crippen LogP contribution is -2.36. The van der Waals surface area contributed by atoms with E-state index in [1.54, 1.807) is 39.8 Å². The lowest BCUT2D eigenvalue weighted by Gasteiger charge is -2.31. The van der Waals surface area contributed by atoms with E-state index in [1.807, 2.05) is 6.92 Å². The van der Waals surface area contributed by atoms with Crippen LogP contribution in [0.1, 0.15) is 60.3 Å². The Labute approximate surface area is 196 Å². The highest BCUT2D eigenvalue weighted by Gasteiger charge is 2.40. The highest BCUT2D eigenvalue weighted by Crippen LogP contribution is 2.37. The van der Waals surface area contributed by atoms with Gasteiger partial charge in [-0.3, -0.25) is 14.4 Å². The van der Waals surface area contributed by atoms with E-state index in [9.17, 15) is 24.8 Å². The van der Waals surface area contributed by atoms with Crippen molar-refractivity contribution < 1.29 is 29.0 Å². The SMILES string of the molecule is CCOC(=O)C(CC(C#N)CC(C)(C)C(=O)Nc1ccc(O)cc1)CC(C)(CC)C(=O)OC. The molecule has 0 aliphatic carbocycles. The third kappa shape index (κ3) is 8.08. The highest BCUT2D eigenvalue weighted by molar-refractivity contribution is 5.94. The van der Waals surface area contributed by atoms with Gasteiger partial charge < -0.3 is 19.9 Å². The van der Waals surface area contributed by atoms with Gasteiger partial charge in [-0.2, -0.15) is 5.26 Å². The van der Waals surface area contributed by atoms with Crippen LogP contribution < -0.4 is 5.32 Å². The number of aromatic hydroxyl groups is 1. The van der Waals surface area contributed by atoms with Gasteiger partial charge in [0.2, 0.25) is 5.91 Å². The minimum absolute atomic E-state index is 0.0906. The number of esters is 2.